The van der Waals surface area contributed by atoms with E-state index in [0.29, 0.717) is 12.7 Å². The van der Waals surface area contributed by atoms with Crippen molar-refractivity contribution in [2.45, 2.75) is 13.3 Å². The van der Waals surface area contributed by atoms with Crippen LogP contribution in [0.15, 0.2) is 12.2 Å². The maximum atomic E-state index is 10.3. The van der Waals surface area contributed by atoms with Gasteiger partial charge in [0.2, 0.25) is 0 Å². The second kappa shape index (κ2) is 4.73. The van der Waals surface area contributed by atoms with E-state index in [0.717, 1.165) is 0 Å². The smallest absolute Gasteiger partial charge is 0.310 e. The molecule has 0 rings (SSSR count). The van der Waals surface area contributed by atoms with Crippen LogP contribution in [-0.2, 0) is 9.59 Å². The number of carbonyl (C=O) groups is 2. The van der Waals surface area contributed by atoms with E-state index in [4.69, 9.17) is 5.11 Å². The minimum atomic E-state index is -0.888. The van der Waals surface area contributed by atoms with E-state index >= 15 is 0 Å². The van der Waals surface area contributed by atoms with Crippen LogP contribution in [0.5, 0.6) is 0 Å². The maximum Gasteiger partial charge on any atom is 0.310 e. The van der Waals surface area contributed by atoms with Gasteiger partial charge >= 0.3 is 5.97 Å². The van der Waals surface area contributed by atoms with Gasteiger partial charge in [0.25, 0.3) is 0 Å². The Labute approximate surface area is 59.4 Å². The summed E-state index contributed by atoms with van der Waals surface area (Å²) < 4.78 is 0. The fraction of sp³-hybridized carbons (Fsp3) is 0.429. The number of carboxylic acid groups (broad SMARTS) is 1. The van der Waals surface area contributed by atoms with Gasteiger partial charge in [-0.05, 0) is 12.5 Å². The SMILES string of the molecule is CCC(/C=C/C=O)C(=O)O. The highest BCUT2D eigenvalue weighted by Crippen LogP contribution is 2.02. The number of aliphatic carboxylic acids is 1. The first-order chi connectivity index (χ1) is 4.72. The van der Waals surface area contributed by atoms with Gasteiger partial charge in [-0.15, -0.1) is 0 Å². The Kier molecular flexibility index (Phi) is 4.20. The van der Waals surface area contributed by atoms with E-state index in [1.807, 2.05) is 0 Å². The summed E-state index contributed by atoms with van der Waals surface area (Å²) >= 11 is 0. The highest BCUT2D eigenvalue weighted by Gasteiger charge is 2.09. The third-order valence-corrected chi connectivity index (χ3v) is 1.18. The highest BCUT2D eigenvalue weighted by molar-refractivity contribution is 5.74. The van der Waals surface area contributed by atoms with Crippen LogP contribution in [-0.4, -0.2) is 17.4 Å². The highest BCUT2D eigenvalue weighted by atomic mass is 16.4. The van der Waals surface area contributed by atoms with Gasteiger partial charge < -0.3 is 5.11 Å². The Hall–Kier alpha value is -1.12. The minimum absolute atomic E-state index is 0.514. The van der Waals surface area contributed by atoms with Gasteiger partial charge in [-0.3, -0.25) is 9.59 Å². The van der Waals surface area contributed by atoms with Crippen molar-refractivity contribution in [2.24, 2.45) is 5.92 Å². The van der Waals surface area contributed by atoms with Gasteiger partial charge in [0.15, 0.2) is 0 Å². The fourth-order valence-corrected chi connectivity index (χ4v) is 0.573. The zero-order chi connectivity index (χ0) is 7.98. The number of allylic oxidation sites excluding steroid dienone is 1. The van der Waals surface area contributed by atoms with E-state index in [9.17, 15) is 9.59 Å². The third kappa shape index (κ3) is 3.02. The molecule has 0 heterocycles. The second-order valence-electron chi connectivity index (χ2n) is 1.87. The van der Waals surface area contributed by atoms with Crippen LogP contribution < -0.4 is 0 Å². The third-order valence-electron chi connectivity index (χ3n) is 1.18. The van der Waals surface area contributed by atoms with Crippen LogP contribution in [0, 0.1) is 5.92 Å². The molecule has 3 heteroatoms. The van der Waals surface area contributed by atoms with Crippen molar-refractivity contribution >= 4 is 12.3 Å². The predicted molar refractivity (Wildman–Crippen MR) is 36.6 cm³/mol. The van der Waals surface area contributed by atoms with Crippen molar-refractivity contribution < 1.29 is 14.7 Å². The van der Waals surface area contributed by atoms with Crippen LogP contribution in [0.2, 0.25) is 0 Å². The molecule has 0 aliphatic rings. The van der Waals surface area contributed by atoms with Crippen molar-refractivity contribution in [3.63, 3.8) is 0 Å². The first kappa shape index (κ1) is 8.88. The largest absolute Gasteiger partial charge is 0.481 e. The number of carboxylic acids is 1. The molecule has 0 radical (unpaired) electrons. The predicted octanol–water partition coefficient (Wildman–Crippen LogP) is 0.852. The van der Waals surface area contributed by atoms with Crippen molar-refractivity contribution in [1.29, 1.82) is 0 Å². The summed E-state index contributed by atoms with van der Waals surface area (Å²) in [4.78, 5) is 20.0. The molecule has 0 aliphatic carbocycles. The lowest BCUT2D eigenvalue weighted by atomic mass is 10.1. The molecular formula is C7H10O3. The summed E-state index contributed by atoms with van der Waals surface area (Å²) in [6.45, 7) is 1.76. The molecular weight excluding hydrogens is 132 g/mol. The Bertz CT molecular complexity index is 149. The average Bonchev–Trinajstić information content (AvgIpc) is 1.89. The van der Waals surface area contributed by atoms with E-state index in [1.54, 1.807) is 6.92 Å². The summed E-state index contributed by atoms with van der Waals surface area (Å²) in [5.74, 6) is -1.41. The van der Waals surface area contributed by atoms with E-state index in [-0.39, 0.29) is 0 Å². The van der Waals surface area contributed by atoms with Crippen molar-refractivity contribution in [1.82, 2.24) is 0 Å². The Morgan fingerprint density at radius 2 is 2.30 bits per heavy atom. The first-order valence-electron chi connectivity index (χ1n) is 3.07. The van der Waals surface area contributed by atoms with Gasteiger partial charge in [-0.25, -0.2) is 0 Å². The molecule has 0 bridgehead atoms. The molecule has 0 amide bonds. The fourth-order valence-electron chi connectivity index (χ4n) is 0.573. The van der Waals surface area contributed by atoms with E-state index < -0.39 is 11.9 Å². The topological polar surface area (TPSA) is 54.4 Å². The van der Waals surface area contributed by atoms with Gasteiger partial charge in [0.05, 0.1) is 5.92 Å². The van der Waals surface area contributed by atoms with Gasteiger partial charge in [0, 0.05) is 0 Å². The quantitative estimate of drug-likeness (QED) is 0.467. The Balaban J connectivity index is 3.94. The van der Waals surface area contributed by atoms with E-state index in [2.05, 4.69) is 0 Å². The number of rotatable bonds is 4. The lowest BCUT2D eigenvalue weighted by Crippen LogP contribution is -2.09. The average molecular weight is 142 g/mol. The van der Waals surface area contributed by atoms with Crippen molar-refractivity contribution in [3.8, 4) is 0 Å². The number of hydrogen-bond acceptors (Lipinski definition) is 2. The minimum Gasteiger partial charge on any atom is -0.481 e. The lowest BCUT2D eigenvalue weighted by molar-refractivity contribution is -0.140. The normalized spacial score (nSPS) is 13.3. The molecule has 1 atom stereocenters. The number of hydrogen-bond donors (Lipinski definition) is 1. The molecule has 0 saturated carbocycles. The summed E-state index contributed by atoms with van der Waals surface area (Å²) in [6, 6.07) is 0. The lowest BCUT2D eigenvalue weighted by Gasteiger charge is -1.99. The molecule has 10 heavy (non-hydrogen) atoms. The Morgan fingerprint density at radius 1 is 1.70 bits per heavy atom. The molecule has 0 aromatic carbocycles. The van der Waals surface area contributed by atoms with Gasteiger partial charge in [-0.2, -0.15) is 0 Å². The van der Waals surface area contributed by atoms with Crippen LogP contribution in [0.4, 0.5) is 0 Å². The van der Waals surface area contributed by atoms with Crippen LogP contribution in [0.1, 0.15) is 13.3 Å². The van der Waals surface area contributed by atoms with Crippen LogP contribution in [0.3, 0.4) is 0 Å². The van der Waals surface area contributed by atoms with Gasteiger partial charge in [0.1, 0.15) is 6.29 Å². The number of aldehydes is 1. The molecule has 0 aromatic rings. The molecule has 0 saturated heterocycles. The molecule has 1 N–H and O–H groups in total. The second-order valence-corrected chi connectivity index (χ2v) is 1.87. The Morgan fingerprint density at radius 3 is 2.60 bits per heavy atom. The molecule has 0 aromatic heterocycles. The molecule has 56 valence electrons. The summed E-state index contributed by atoms with van der Waals surface area (Å²) in [6.07, 6.45) is 3.68. The molecule has 0 fully saturated rings. The zero-order valence-corrected chi connectivity index (χ0v) is 5.78. The van der Waals surface area contributed by atoms with Crippen LogP contribution >= 0.6 is 0 Å². The summed E-state index contributed by atoms with van der Waals surface area (Å²) in [5, 5.41) is 8.43. The molecule has 0 spiro atoms. The summed E-state index contributed by atoms with van der Waals surface area (Å²) in [5.41, 5.74) is 0. The molecule has 3 nitrogen and oxygen atoms in total. The monoisotopic (exact) mass is 142 g/mol. The maximum absolute atomic E-state index is 10.3. The zero-order valence-electron chi connectivity index (χ0n) is 5.78. The standard InChI is InChI=1S/C7H10O3/c1-2-6(7(9)10)4-3-5-8/h3-6H,2H2,1H3,(H,9,10)/b4-3+. The summed E-state index contributed by atoms with van der Waals surface area (Å²) in [7, 11) is 0. The van der Waals surface area contributed by atoms with Crippen molar-refractivity contribution in [3.05, 3.63) is 12.2 Å². The van der Waals surface area contributed by atoms with Crippen molar-refractivity contribution in [2.75, 3.05) is 0 Å². The van der Waals surface area contributed by atoms with E-state index in [1.165, 1.54) is 12.2 Å². The van der Waals surface area contributed by atoms with Gasteiger partial charge in [-0.1, -0.05) is 13.0 Å². The molecule has 0 aliphatic heterocycles. The molecule has 1 unspecified atom stereocenters. The first-order valence-corrected chi connectivity index (χ1v) is 3.07. The number of carbonyl (C=O) groups excluding carboxylic acids is 1. The van der Waals surface area contributed by atoms with Crippen LogP contribution in [0.25, 0.3) is 0 Å².